The van der Waals surface area contributed by atoms with Crippen LogP contribution >= 0.6 is 0 Å². The van der Waals surface area contributed by atoms with E-state index in [2.05, 4.69) is 55.0 Å². The molecule has 0 bridgehead atoms. The van der Waals surface area contributed by atoms with Crippen molar-refractivity contribution in [1.82, 2.24) is 15.2 Å². The van der Waals surface area contributed by atoms with Gasteiger partial charge in [0.25, 0.3) is 0 Å². The van der Waals surface area contributed by atoms with Crippen molar-refractivity contribution in [3.63, 3.8) is 0 Å². The molecule has 0 amide bonds. The average Bonchev–Trinajstić information content (AvgIpc) is 2.55. The Hall–Kier alpha value is -0.930. The van der Waals surface area contributed by atoms with Crippen LogP contribution in [0.4, 0.5) is 0 Å². The Balaban J connectivity index is 2.16. The Labute approximate surface area is 130 Å². The van der Waals surface area contributed by atoms with Crippen molar-refractivity contribution >= 4 is 0 Å². The molecule has 0 aliphatic carbocycles. The fourth-order valence-electron chi connectivity index (χ4n) is 3.44. The van der Waals surface area contributed by atoms with Crippen molar-refractivity contribution in [2.45, 2.75) is 65.1 Å². The number of piperazine rings is 1. The summed E-state index contributed by atoms with van der Waals surface area (Å²) in [4.78, 5) is 7.20. The van der Waals surface area contributed by atoms with Gasteiger partial charge in [0.15, 0.2) is 0 Å². The lowest BCUT2D eigenvalue weighted by Crippen LogP contribution is -2.64. The molecule has 3 nitrogen and oxygen atoms in total. The number of hydrogen-bond acceptors (Lipinski definition) is 3. The summed E-state index contributed by atoms with van der Waals surface area (Å²) < 4.78 is 0. The largest absolute Gasteiger partial charge is 0.308 e. The molecule has 1 aromatic heterocycles. The maximum Gasteiger partial charge on any atom is 0.0544 e. The summed E-state index contributed by atoms with van der Waals surface area (Å²) in [5.41, 5.74) is 1.47. The Morgan fingerprint density at radius 1 is 1.33 bits per heavy atom. The average molecular weight is 289 g/mol. The highest BCUT2D eigenvalue weighted by Crippen LogP contribution is 2.27. The summed E-state index contributed by atoms with van der Waals surface area (Å²) in [6.07, 6.45) is 5.52. The standard InChI is InChI=1S/C18H31N3/c1-5-15(4)17-12-20-18(6-2,7-3)14-21(17)13-16-10-8-9-11-19-16/h8-11,15,17,20H,5-7,12-14H2,1-4H3. The van der Waals surface area contributed by atoms with E-state index < -0.39 is 0 Å². The molecule has 1 aliphatic rings. The van der Waals surface area contributed by atoms with E-state index in [0.29, 0.717) is 12.0 Å². The molecule has 0 spiro atoms. The number of rotatable bonds is 6. The summed E-state index contributed by atoms with van der Waals surface area (Å²) in [6.45, 7) is 12.5. The minimum absolute atomic E-state index is 0.277. The number of nitrogens with one attached hydrogen (secondary N) is 1. The zero-order valence-electron chi connectivity index (χ0n) is 14.1. The summed E-state index contributed by atoms with van der Waals surface area (Å²) in [7, 11) is 0. The van der Waals surface area contributed by atoms with Gasteiger partial charge in [0.1, 0.15) is 0 Å². The molecule has 2 atom stereocenters. The number of aromatic nitrogens is 1. The van der Waals surface area contributed by atoms with Gasteiger partial charge in [-0.3, -0.25) is 9.88 Å². The molecule has 21 heavy (non-hydrogen) atoms. The molecule has 2 rings (SSSR count). The van der Waals surface area contributed by atoms with Crippen LogP contribution in [0, 0.1) is 5.92 Å². The molecule has 0 radical (unpaired) electrons. The number of pyridine rings is 1. The van der Waals surface area contributed by atoms with Crippen LogP contribution in [0.25, 0.3) is 0 Å². The highest BCUT2D eigenvalue weighted by atomic mass is 15.3. The van der Waals surface area contributed by atoms with E-state index >= 15 is 0 Å². The quantitative estimate of drug-likeness (QED) is 0.869. The molecule has 1 aromatic rings. The molecule has 118 valence electrons. The SMILES string of the molecule is CCC(C)C1CNC(CC)(CC)CN1Cc1ccccn1. The van der Waals surface area contributed by atoms with Crippen LogP contribution in [0.5, 0.6) is 0 Å². The molecule has 0 saturated carbocycles. The van der Waals surface area contributed by atoms with Crippen molar-refractivity contribution in [2.75, 3.05) is 13.1 Å². The van der Waals surface area contributed by atoms with Gasteiger partial charge < -0.3 is 5.32 Å². The Kier molecular flexibility index (Phi) is 5.77. The monoisotopic (exact) mass is 289 g/mol. The first-order chi connectivity index (χ1) is 10.1. The van der Waals surface area contributed by atoms with Gasteiger partial charge >= 0.3 is 0 Å². The van der Waals surface area contributed by atoms with E-state index in [0.717, 1.165) is 19.6 Å². The van der Waals surface area contributed by atoms with Crippen LogP contribution < -0.4 is 5.32 Å². The van der Waals surface area contributed by atoms with Gasteiger partial charge in [-0.05, 0) is 30.9 Å². The van der Waals surface area contributed by atoms with E-state index in [4.69, 9.17) is 0 Å². The lowest BCUT2D eigenvalue weighted by atomic mass is 9.85. The highest BCUT2D eigenvalue weighted by Gasteiger charge is 2.38. The van der Waals surface area contributed by atoms with Crippen LogP contribution in [-0.4, -0.2) is 34.6 Å². The van der Waals surface area contributed by atoms with E-state index in [1.165, 1.54) is 25.0 Å². The van der Waals surface area contributed by atoms with Crippen molar-refractivity contribution in [3.05, 3.63) is 30.1 Å². The molecule has 1 aliphatic heterocycles. The van der Waals surface area contributed by atoms with E-state index in [-0.39, 0.29) is 5.54 Å². The second kappa shape index (κ2) is 7.37. The van der Waals surface area contributed by atoms with Gasteiger partial charge in [0, 0.05) is 37.4 Å². The van der Waals surface area contributed by atoms with Crippen LogP contribution in [0.2, 0.25) is 0 Å². The van der Waals surface area contributed by atoms with Gasteiger partial charge in [-0.1, -0.05) is 40.2 Å². The molecule has 1 saturated heterocycles. The van der Waals surface area contributed by atoms with Crippen molar-refractivity contribution in [2.24, 2.45) is 5.92 Å². The molecule has 2 unspecified atom stereocenters. The summed E-state index contributed by atoms with van der Waals surface area (Å²) in [6, 6.07) is 6.85. The van der Waals surface area contributed by atoms with E-state index in [9.17, 15) is 0 Å². The molecular weight excluding hydrogens is 258 g/mol. The first kappa shape index (κ1) is 16.4. The highest BCUT2D eigenvalue weighted by molar-refractivity contribution is 5.06. The topological polar surface area (TPSA) is 28.2 Å². The second-order valence-electron chi connectivity index (χ2n) is 6.55. The normalized spacial score (nSPS) is 23.9. The first-order valence-corrected chi connectivity index (χ1v) is 8.53. The maximum absolute atomic E-state index is 4.53. The minimum Gasteiger partial charge on any atom is -0.308 e. The van der Waals surface area contributed by atoms with E-state index in [1.807, 2.05) is 12.3 Å². The fraction of sp³-hybridized carbons (Fsp3) is 0.722. The number of nitrogens with zero attached hydrogens (tertiary/aromatic N) is 2. The van der Waals surface area contributed by atoms with Crippen LogP contribution in [-0.2, 0) is 6.54 Å². The Morgan fingerprint density at radius 3 is 2.67 bits per heavy atom. The second-order valence-corrected chi connectivity index (χ2v) is 6.55. The van der Waals surface area contributed by atoms with Crippen LogP contribution in [0.15, 0.2) is 24.4 Å². The summed E-state index contributed by atoms with van der Waals surface area (Å²) >= 11 is 0. The molecule has 1 fully saturated rings. The Bertz CT molecular complexity index is 414. The molecule has 2 heterocycles. The fourth-order valence-corrected chi connectivity index (χ4v) is 3.44. The van der Waals surface area contributed by atoms with Gasteiger partial charge in [-0.25, -0.2) is 0 Å². The van der Waals surface area contributed by atoms with Gasteiger partial charge in [0.05, 0.1) is 5.69 Å². The lowest BCUT2D eigenvalue weighted by molar-refractivity contribution is 0.0386. The van der Waals surface area contributed by atoms with Crippen LogP contribution in [0.1, 0.15) is 52.7 Å². The van der Waals surface area contributed by atoms with Crippen molar-refractivity contribution in [3.8, 4) is 0 Å². The maximum atomic E-state index is 4.53. The molecule has 0 aromatic carbocycles. The smallest absolute Gasteiger partial charge is 0.0544 e. The lowest BCUT2D eigenvalue weighted by Gasteiger charge is -2.49. The van der Waals surface area contributed by atoms with Crippen LogP contribution in [0.3, 0.4) is 0 Å². The Morgan fingerprint density at radius 2 is 2.10 bits per heavy atom. The first-order valence-electron chi connectivity index (χ1n) is 8.53. The van der Waals surface area contributed by atoms with E-state index in [1.54, 1.807) is 0 Å². The van der Waals surface area contributed by atoms with Crippen molar-refractivity contribution in [1.29, 1.82) is 0 Å². The molecule has 3 heteroatoms. The van der Waals surface area contributed by atoms with Gasteiger partial charge in [-0.2, -0.15) is 0 Å². The van der Waals surface area contributed by atoms with Crippen molar-refractivity contribution < 1.29 is 0 Å². The number of hydrogen-bond donors (Lipinski definition) is 1. The summed E-state index contributed by atoms with van der Waals surface area (Å²) in [5.74, 6) is 0.716. The third kappa shape index (κ3) is 3.83. The molecule has 1 N–H and O–H groups in total. The molecular formula is C18H31N3. The minimum atomic E-state index is 0.277. The zero-order chi connectivity index (χ0) is 15.3. The third-order valence-electron chi connectivity index (χ3n) is 5.41. The predicted molar refractivity (Wildman–Crippen MR) is 89.2 cm³/mol. The third-order valence-corrected chi connectivity index (χ3v) is 5.41. The summed E-state index contributed by atoms with van der Waals surface area (Å²) in [5, 5.41) is 3.85. The van der Waals surface area contributed by atoms with Gasteiger partial charge in [-0.15, -0.1) is 0 Å². The predicted octanol–water partition coefficient (Wildman–Crippen LogP) is 3.46. The van der Waals surface area contributed by atoms with Gasteiger partial charge in [0.2, 0.25) is 0 Å². The zero-order valence-corrected chi connectivity index (χ0v) is 14.1.